The van der Waals surface area contributed by atoms with Gasteiger partial charge in [0.1, 0.15) is 0 Å². The van der Waals surface area contributed by atoms with Crippen molar-refractivity contribution in [2.24, 2.45) is 5.92 Å². The molecular formula is C22H30N4O2. The van der Waals surface area contributed by atoms with Crippen LogP contribution in [0.5, 0.6) is 0 Å². The first-order valence-corrected chi connectivity index (χ1v) is 10.2. The van der Waals surface area contributed by atoms with Gasteiger partial charge in [0.05, 0.1) is 0 Å². The largest absolute Gasteiger partial charge is 0.361 e. The fourth-order valence-corrected chi connectivity index (χ4v) is 3.67. The highest BCUT2D eigenvalue weighted by atomic mass is 16.5. The average molecular weight is 383 g/mol. The quantitative estimate of drug-likeness (QED) is 0.571. The molecule has 0 saturated heterocycles. The maximum atomic E-state index is 13.2. The summed E-state index contributed by atoms with van der Waals surface area (Å²) in [6, 6.07) is 8.26. The molecule has 3 aromatic rings. The zero-order chi connectivity index (χ0) is 20.1. The summed E-state index contributed by atoms with van der Waals surface area (Å²) in [5.74, 6) is 1.84. The number of amides is 1. The molecule has 1 aromatic carbocycles. The molecule has 1 unspecified atom stereocenters. The molecule has 1 N–H and O–H groups in total. The Morgan fingerprint density at radius 1 is 1.21 bits per heavy atom. The Balaban J connectivity index is 1.77. The van der Waals surface area contributed by atoms with Crippen molar-refractivity contribution < 1.29 is 9.32 Å². The summed E-state index contributed by atoms with van der Waals surface area (Å²) in [6.45, 7) is 8.56. The normalized spacial score (nSPS) is 12.6. The van der Waals surface area contributed by atoms with Gasteiger partial charge in [-0.25, -0.2) is 0 Å². The van der Waals surface area contributed by atoms with Gasteiger partial charge in [-0.3, -0.25) is 4.79 Å². The molecule has 0 bridgehead atoms. The molecule has 2 aromatic heterocycles. The van der Waals surface area contributed by atoms with Crippen LogP contribution in [0.2, 0.25) is 0 Å². The third kappa shape index (κ3) is 4.80. The van der Waals surface area contributed by atoms with Crippen LogP contribution in [0.3, 0.4) is 0 Å². The first-order valence-electron chi connectivity index (χ1n) is 10.2. The predicted molar refractivity (Wildman–Crippen MR) is 111 cm³/mol. The van der Waals surface area contributed by atoms with Crippen molar-refractivity contribution in [3.05, 3.63) is 42.2 Å². The molecule has 0 radical (unpaired) electrons. The first kappa shape index (κ1) is 20.1. The monoisotopic (exact) mass is 382 g/mol. The Hall–Kier alpha value is -2.63. The predicted octanol–water partition coefficient (Wildman–Crippen LogP) is 4.90. The lowest BCUT2D eigenvalue weighted by Gasteiger charge is -2.30. The molecule has 28 heavy (non-hydrogen) atoms. The van der Waals surface area contributed by atoms with E-state index in [0.29, 0.717) is 30.5 Å². The van der Waals surface area contributed by atoms with E-state index in [1.54, 1.807) is 0 Å². The maximum absolute atomic E-state index is 13.2. The van der Waals surface area contributed by atoms with Crippen molar-refractivity contribution in [2.75, 3.05) is 4.90 Å². The standard InChI is InChI=1S/C22H30N4O2/c1-5-6-20-24-21(28-25-20)9-10-22(27)26(16(4)13-15(2)3)18-7-8-19-17(14-18)11-12-23-19/h7-8,11-12,14-16,23H,5-6,9-10,13H2,1-4H3. The van der Waals surface area contributed by atoms with Gasteiger partial charge in [0.2, 0.25) is 11.8 Å². The van der Waals surface area contributed by atoms with E-state index in [1.807, 2.05) is 29.3 Å². The van der Waals surface area contributed by atoms with E-state index in [2.05, 4.69) is 48.9 Å². The van der Waals surface area contributed by atoms with Crippen molar-refractivity contribution in [1.29, 1.82) is 0 Å². The minimum atomic E-state index is 0.0817. The molecular weight excluding hydrogens is 352 g/mol. The smallest absolute Gasteiger partial charge is 0.227 e. The number of carbonyl (C=O) groups excluding carboxylic acids is 1. The Labute approximate surface area is 166 Å². The average Bonchev–Trinajstić information content (AvgIpc) is 3.28. The van der Waals surface area contributed by atoms with Crippen molar-refractivity contribution in [2.45, 2.75) is 65.8 Å². The number of hydrogen-bond donors (Lipinski definition) is 1. The van der Waals surface area contributed by atoms with Crippen LogP contribution in [0.1, 0.15) is 58.7 Å². The van der Waals surface area contributed by atoms with Gasteiger partial charge in [0, 0.05) is 48.1 Å². The number of aromatic amines is 1. The fourth-order valence-electron chi connectivity index (χ4n) is 3.67. The highest BCUT2D eigenvalue weighted by Gasteiger charge is 2.23. The van der Waals surface area contributed by atoms with Gasteiger partial charge >= 0.3 is 0 Å². The van der Waals surface area contributed by atoms with Crippen molar-refractivity contribution >= 4 is 22.5 Å². The number of carbonyl (C=O) groups is 1. The number of rotatable bonds is 9. The molecule has 0 spiro atoms. The molecule has 0 aliphatic rings. The second-order valence-electron chi connectivity index (χ2n) is 7.85. The Morgan fingerprint density at radius 3 is 2.79 bits per heavy atom. The molecule has 0 saturated carbocycles. The van der Waals surface area contributed by atoms with E-state index >= 15 is 0 Å². The number of hydrogen-bond acceptors (Lipinski definition) is 4. The summed E-state index contributed by atoms with van der Waals surface area (Å²) >= 11 is 0. The molecule has 150 valence electrons. The topological polar surface area (TPSA) is 75.0 Å². The summed E-state index contributed by atoms with van der Waals surface area (Å²) in [7, 11) is 0. The van der Waals surface area contributed by atoms with Gasteiger partial charge in [0.25, 0.3) is 0 Å². The van der Waals surface area contributed by atoms with E-state index < -0.39 is 0 Å². The van der Waals surface area contributed by atoms with Crippen LogP contribution < -0.4 is 4.90 Å². The molecule has 1 amide bonds. The summed E-state index contributed by atoms with van der Waals surface area (Å²) < 4.78 is 5.29. The van der Waals surface area contributed by atoms with Crippen LogP contribution in [0, 0.1) is 5.92 Å². The van der Waals surface area contributed by atoms with Gasteiger partial charge in [-0.15, -0.1) is 0 Å². The number of aryl methyl sites for hydroxylation is 2. The van der Waals surface area contributed by atoms with Crippen molar-refractivity contribution in [3.8, 4) is 0 Å². The Kier molecular flexibility index (Phi) is 6.49. The summed E-state index contributed by atoms with van der Waals surface area (Å²) in [5.41, 5.74) is 2.00. The molecule has 0 aliphatic heterocycles. The van der Waals surface area contributed by atoms with Crippen LogP contribution in [0.25, 0.3) is 10.9 Å². The molecule has 2 heterocycles. The van der Waals surface area contributed by atoms with E-state index in [9.17, 15) is 4.79 Å². The first-order chi connectivity index (χ1) is 13.5. The van der Waals surface area contributed by atoms with Crippen molar-refractivity contribution in [3.63, 3.8) is 0 Å². The van der Waals surface area contributed by atoms with Gasteiger partial charge in [-0.2, -0.15) is 4.98 Å². The van der Waals surface area contributed by atoms with Gasteiger partial charge in [-0.05, 0) is 49.9 Å². The van der Waals surface area contributed by atoms with Gasteiger partial charge < -0.3 is 14.4 Å². The van der Waals surface area contributed by atoms with Gasteiger partial charge in [0.15, 0.2) is 5.82 Å². The number of benzene rings is 1. The fraction of sp³-hybridized carbons (Fsp3) is 0.500. The Bertz CT molecular complexity index is 912. The third-order valence-electron chi connectivity index (χ3n) is 4.87. The van der Waals surface area contributed by atoms with Crippen LogP contribution in [-0.4, -0.2) is 27.1 Å². The molecule has 0 fully saturated rings. The van der Waals surface area contributed by atoms with E-state index in [4.69, 9.17) is 4.52 Å². The number of fused-ring (bicyclic) bond motifs is 1. The zero-order valence-electron chi connectivity index (χ0n) is 17.2. The van der Waals surface area contributed by atoms with E-state index in [1.165, 1.54) is 0 Å². The van der Waals surface area contributed by atoms with Crippen LogP contribution in [0.15, 0.2) is 35.0 Å². The lowest BCUT2D eigenvalue weighted by Crippen LogP contribution is -2.39. The third-order valence-corrected chi connectivity index (χ3v) is 4.87. The zero-order valence-corrected chi connectivity index (χ0v) is 17.2. The van der Waals surface area contributed by atoms with Gasteiger partial charge in [-0.1, -0.05) is 25.9 Å². The molecule has 6 heteroatoms. The van der Waals surface area contributed by atoms with E-state index in [-0.39, 0.29) is 11.9 Å². The molecule has 1 atom stereocenters. The number of H-pyrrole nitrogens is 1. The minimum absolute atomic E-state index is 0.0817. The second-order valence-corrected chi connectivity index (χ2v) is 7.85. The van der Waals surface area contributed by atoms with Crippen LogP contribution in [-0.2, 0) is 17.6 Å². The summed E-state index contributed by atoms with van der Waals surface area (Å²) in [6.07, 6.45) is 5.44. The summed E-state index contributed by atoms with van der Waals surface area (Å²) in [4.78, 5) is 22.7. The van der Waals surface area contributed by atoms with Crippen LogP contribution in [0.4, 0.5) is 5.69 Å². The molecule has 6 nitrogen and oxygen atoms in total. The highest BCUT2D eigenvalue weighted by molar-refractivity contribution is 5.96. The minimum Gasteiger partial charge on any atom is -0.361 e. The number of nitrogens with one attached hydrogen (secondary N) is 1. The molecule has 0 aliphatic carbocycles. The Morgan fingerprint density at radius 2 is 2.04 bits per heavy atom. The lowest BCUT2D eigenvalue weighted by atomic mass is 10.0. The lowest BCUT2D eigenvalue weighted by molar-refractivity contribution is -0.119. The molecule has 3 rings (SSSR count). The van der Waals surface area contributed by atoms with E-state index in [0.717, 1.165) is 35.9 Å². The SMILES string of the molecule is CCCc1noc(CCC(=O)N(c2ccc3[nH]ccc3c2)C(C)CC(C)C)n1. The number of anilines is 1. The second kappa shape index (κ2) is 9.04. The number of nitrogens with zero attached hydrogens (tertiary/aromatic N) is 3. The maximum Gasteiger partial charge on any atom is 0.227 e. The number of aromatic nitrogens is 3. The highest BCUT2D eigenvalue weighted by Crippen LogP contribution is 2.26. The summed E-state index contributed by atoms with van der Waals surface area (Å²) in [5, 5.41) is 5.08. The van der Waals surface area contributed by atoms with Crippen LogP contribution >= 0.6 is 0 Å². The van der Waals surface area contributed by atoms with Crippen molar-refractivity contribution in [1.82, 2.24) is 15.1 Å².